The quantitative estimate of drug-likeness (QED) is 0.545. The number of rotatable bonds is 6. The van der Waals surface area contributed by atoms with E-state index in [1.54, 1.807) is 27.7 Å². The molecule has 0 aliphatic carbocycles. The van der Waals surface area contributed by atoms with Gasteiger partial charge in [0.15, 0.2) is 0 Å². The summed E-state index contributed by atoms with van der Waals surface area (Å²) in [7, 11) is 0. The zero-order chi connectivity index (χ0) is 16.4. The van der Waals surface area contributed by atoms with Crippen molar-refractivity contribution < 1.29 is 4.39 Å². The fourth-order valence-electron chi connectivity index (χ4n) is 2.32. The van der Waals surface area contributed by atoms with E-state index in [9.17, 15) is 4.39 Å². The van der Waals surface area contributed by atoms with Crippen LogP contribution >= 0.6 is 11.3 Å². The van der Waals surface area contributed by atoms with E-state index < -0.39 is 0 Å². The number of hydrogen-bond acceptors (Lipinski definition) is 6. The van der Waals surface area contributed by atoms with Crippen LogP contribution in [0.15, 0.2) is 43.1 Å². The molecule has 0 aliphatic rings. The highest BCUT2D eigenvalue weighted by Gasteiger charge is 2.09. The van der Waals surface area contributed by atoms with Gasteiger partial charge in [-0.25, -0.2) is 18.9 Å². The van der Waals surface area contributed by atoms with Crippen LogP contribution in [0.4, 0.5) is 9.52 Å². The fourth-order valence-corrected chi connectivity index (χ4v) is 3.12. The molecule has 0 unspecified atom stereocenters. The van der Waals surface area contributed by atoms with Crippen molar-refractivity contribution in [3.63, 3.8) is 0 Å². The number of aromatic nitrogens is 6. The summed E-state index contributed by atoms with van der Waals surface area (Å²) in [6, 6.07) is 6.28. The van der Waals surface area contributed by atoms with Gasteiger partial charge in [0.05, 0.1) is 11.9 Å². The summed E-state index contributed by atoms with van der Waals surface area (Å²) in [4.78, 5) is 9.24. The summed E-state index contributed by atoms with van der Waals surface area (Å²) in [5.41, 5.74) is 1.66. The first kappa shape index (κ1) is 14.8. The zero-order valence-electron chi connectivity index (χ0n) is 12.6. The van der Waals surface area contributed by atoms with Crippen LogP contribution < -0.4 is 5.32 Å². The third-order valence-corrected chi connectivity index (χ3v) is 4.37. The normalized spacial score (nSPS) is 11.2. The van der Waals surface area contributed by atoms with Crippen molar-refractivity contribution in [3.05, 3.63) is 48.9 Å². The van der Waals surface area contributed by atoms with E-state index in [1.165, 1.54) is 29.8 Å². The van der Waals surface area contributed by atoms with E-state index in [0.29, 0.717) is 0 Å². The lowest BCUT2D eigenvalue weighted by Gasteiger charge is -2.01. The average Bonchev–Trinajstić information content (AvgIpc) is 3.28. The summed E-state index contributed by atoms with van der Waals surface area (Å²) >= 11 is 1.48. The standard InChI is InChI=1S/C15H14FN7S/c16-12-4-2-11(3-5-12)13-8-23-15(20-13)24-14(21-23)18-6-1-7-22-10-17-9-19-22/h2-5,8-10H,1,6-7H2,(H,18,21). The predicted octanol–water partition coefficient (Wildman–Crippen LogP) is 2.69. The molecule has 122 valence electrons. The van der Waals surface area contributed by atoms with Crippen LogP contribution in [-0.4, -0.2) is 35.9 Å². The van der Waals surface area contributed by atoms with Crippen LogP contribution in [0.25, 0.3) is 16.2 Å². The Bertz CT molecular complexity index is 895. The molecule has 7 nitrogen and oxygen atoms in total. The topological polar surface area (TPSA) is 72.9 Å². The predicted molar refractivity (Wildman–Crippen MR) is 89.4 cm³/mol. The van der Waals surface area contributed by atoms with Crippen LogP contribution in [0.3, 0.4) is 0 Å². The van der Waals surface area contributed by atoms with E-state index in [2.05, 4.69) is 25.5 Å². The van der Waals surface area contributed by atoms with Gasteiger partial charge < -0.3 is 5.32 Å². The fraction of sp³-hybridized carbons (Fsp3) is 0.200. The summed E-state index contributed by atoms with van der Waals surface area (Å²) in [5, 5.41) is 12.6. The van der Waals surface area contributed by atoms with Crippen molar-refractivity contribution in [1.29, 1.82) is 0 Å². The van der Waals surface area contributed by atoms with Crippen LogP contribution in [0, 0.1) is 5.82 Å². The summed E-state index contributed by atoms with van der Waals surface area (Å²) < 4.78 is 16.5. The first-order chi connectivity index (χ1) is 11.8. The minimum Gasteiger partial charge on any atom is -0.360 e. The molecular formula is C15H14FN7S. The Morgan fingerprint density at radius 1 is 1.21 bits per heavy atom. The Balaban J connectivity index is 1.39. The lowest BCUT2D eigenvalue weighted by Crippen LogP contribution is -2.07. The van der Waals surface area contributed by atoms with Crippen LogP contribution in [0.5, 0.6) is 0 Å². The molecular weight excluding hydrogens is 329 g/mol. The van der Waals surface area contributed by atoms with Crippen LogP contribution in [0.2, 0.25) is 0 Å². The van der Waals surface area contributed by atoms with Gasteiger partial charge in [-0.05, 0) is 30.7 Å². The number of nitrogens with one attached hydrogen (secondary N) is 1. The Morgan fingerprint density at radius 3 is 2.83 bits per heavy atom. The molecule has 4 aromatic rings. The maximum absolute atomic E-state index is 13.0. The minimum absolute atomic E-state index is 0.254. The number of anilines is 1. The molecule has 0 amide bonds. The number of benzene rings is 1. The molecule has 1 aromatic carbocycles. The monoisotopic (exact) mass is 343 g/mol. The van der Waals surface area contributed by atoms with Gasteiger partial charge in [0.1, 0.15) is 18.5 Å². The molecule has 24 heavy (non-hydrogen) atoms. The van der Waals surface area contributed by atoms with Gasteiger partial charge in [0.2, 0.25) is 10.1 Å². The summed E-state index contributed by atoms with van der Waals surface area (Å²) in [6.07, 6.45) is 6.00. The van der Waals surface area contributed by atoms with Gasteiger partial charge in [-0.15, -0.1) is 5.10 Å². The highest BCUT2D eigenvalue weighted by molar-refractivity contribution is 7.20. The molecule has 0 bridgehead atoms. The van der Waals surface area contributed by atoms with Gasteiger partial charge in [0.25, 0.3) is 0 Å². The number of aryl methyl sites for hydroxylation is 1. The van der Waals surface area contributed by atoms with Crippen molar-refractivity contribution in [2.75, 3.05) is 11.9 Å². The smallest absolute Gasteiger partial charge is 0.214 e. The molecule has 0 fully saturated rings. The number of hydrogen-bond donors (Lipinski definition) is 1. The van der Waals surface area contributed by atoms with E-state index in [4.69, 9.17) is 0 Å². The van der Waals surface area contributed by atoms with Gasteiger partial charge >= 0.3 is 0 Å². The second kappa shape index (κ2) is 6.36. The molecule has 0 radical (unpaired) electrons. The van der Waals surface area contributed by atoms with Gasteiger partial charge in [-0.2, -0.15) is 5.10 Å². The number of nitrogens with zero attached hydrogens (tertiary/aromatic N) is 6. The van der Waals surface area contributed by atoms with E-state index in [0.717, 1.165) is 40.9 Å². The van der Waals surface area contributed by atoms with Crippen LogP contribution in [0.1, 0.15) is 6.42 Å². The Labute approximate surface area is 140 Å². The first-order valence-electron chi connectivity index (χ1n) is 7.46. The van der Waals surface area contributed by atoms with Gasteiger partial charge in [-0.3, -0.25) is 4.68 Å². The molecule has 0 atom stereocenters. The van der Waals surface area contributed by atoms with E-state index >= 15 is 0 Å². The molecule has 0 saturated heterocycles. The molecule has 9 heteroatoms. The molecule has 3 heterocycles. The number of halogens is 1. The third kappa shape index (κ3) is 3.11. The van der Waals surface area contributed by atoms with Crippen LogP contribution in [-0.2, 0) is 6.54 Å². The zero-order valence-corrected chi connectivity index (χ0v) is 13.4. The number of fused-ring (bicyclic) bond motifs is 1. The molecule has 0 spiro atoms. The van der Waals surface area contributed by atoms with Crippen molar-refractivity contribution in [2.45, 2.75) is 13.0 Å². The van der Waals surface area contributed by atoms with Crippen molar-refractivity contribution in [2.24, 2.45) is 0 Å². The Morgan fingerprint density at radius 2 is 2.08 bits per heavy atom. The molecule has 0 saturated carbocycles. The lowest BCUT2D eigenvalue weighted by atomic mass is 10.2. The molecule has 0 aliphatic heterocycles. The largest absolute Gasteiger partial charge is 0.360 e. The van der Waals surface area contributed by atoms with Gasteiger partial charge in [-0.1, -0.05) is 11.3 Å². The maximum atomic E-state index is 13.0. The summed E-state index contributed by atoms with van der Waals surface area (Å²) in [6.45, 7) is 1.60. The molecule has 4 rings (SSSR count). The second-order valence-electron chi connectivity index (χ2n) is 5.21. The highest BCUT2D eigenvalue weighted by Crippen LogP contribution is 2.24. The third-order valence-electron chi connectivity index (χ3n) is 3.49. The molecule has 1 N–H and O–H groups in total. The minimum atomic E-state index is -0.254. The highest BCUT2D eigenvalue weighted by atomic mass is 32.1. The van der Waals surface area contributed by atoms with Gasteiger partial charge in [0, 0.05) is 18.7 Å². The maximum Gasteiger partial charge on any atom is 0.214 e. The van der Waals surface area contributed by atoms with E-state index in [1.807, 2.05) is 6.20 Å². The van der Waals surface area contributed by atoms with Crippen molar-refractivity contribution in [1.82, 2.24) is 29.4 Å². The Hall–Kier alpha value is -2.81. The first-order valence-corrected chi connectivity index (χ1v) is 8.28. The van der Waals surface area contributed by atoms with E-state index in [-0.39, 0.29) is 5.82 Å². The SMILES string of the molecule is Fc1ccc(-c2cn3nc(NCCCn4cncn4)sc3n2)cc1. The second-order valence-corrected chi connectivity index (χ2v) is 6.16. The van der Waals surface area contributed by atoms with Crippen molar-refractivity contribution in [3.8, 4) is 11.3 Å². The van der Waals surface area contributed by atoms with Crippen molar-refractivity contribution >= 4 is 21.4 Å². The molecule has 3 aromatic heterocycles. The lowest BCUT2D eigenvalue weighted by molar-refractivity contribution is 0.590. The number of imidazole rings is 1. The summed E-state index contributed by atoms with van der Waals surface area (Å²) in [5.74, 6) is -0.254. The Kier molecular flexibility index (Phi) is 3.91. The average molecular weight is 343 g/mol.